The summed E-state index contributed by atoms with van der Waals surface area (Å²) in [6, 6.07) is 18.1. The smallest absolute Gasteiger partial charge is 0.336 e. The van der Waals surface area contributed by atoms with E-state index in [2.05, 4.69) is 10.5 Å². The summed E-state index contributed by atoms with van der Waals surface area (Å²) in [5, 5.41) is 23.9. The van der Waals surface area contributed by atoms with Crippen LogP contribution in [0.25, 0.3) is 0 Å². The monoisotopic (exact) mass is 482 g/mol. The zero-order chi connectivity index (χ0) is 24.7. The highest BCUT2D eigenvalue weighted by atomic mass is 32.2. The predicted molar refractivity (Wildman–Crippen MR) is 123 cm³/mol. The van der Waals surface area contributed by atoms with E-state index in [0.717, 1.165) is 22.7 Å². The topological polar surface area (TPSA) is 159 Å². The van der Waals surface area contributed by atoms with Gasteiger partial charge in [0.2, 0.25) is 0 Å². The maximum Gasteiger partial charge on any atom is 0.336 e. The number of hydrogen-bond acceptors (Lipinski definition) is 7. The lowest BCUT2D eigenvalue weighted by Gasteiger charge is -2.23. The first kappa shape index (κ1) is 24.1. The molecule has 0 fully saturated rings. The number of amides is 1. The van der Waals surface area contributed by atoms with Crippen LogP contribution >= 0.6 is 0 Å². The van der Waals surface area contributed by atoms with Crippen LogP contribution in [0, 0.1) is 10.1 Å². The standard InChI is InChI=1S/C22H18N4O7S/c27-21(24-23-14-16-6-4-5-9-20(16)22(28)29)15-25(17-10-12-18(13-11-17)26(30)31)34(32,33)19-7-2-1-3-8-19/h1-14H,15H2,(H,24,27)(H,28,29)/b23-14-. The van der Waals surface area contributed by atoms with Gasteiger partial charge in [-0.3, -0.25) is 19.2 Å². The van der Waals surface area contributed by atoms with E-state index in [1.54, 1.807) is 12.1 Å². The number of rotatable bonds is 9. The number of carboxylic acids is 1. The summed E-state index contributed by atoms with van der Waals surface area (Å²) in [5.74, 6) is -1.99. The van der Waals surface area contributed by atoms with Crippen molar-refractivity contribution in [2.45, 2.75) is 4.90 Å². The molecule has 2 N–H and O–H groups in total. The predicted octanol–water partition coefficient (Wildman–Crippen LogP) is 2.64. The number of anilines is 1. The molecule has 3 aromatic rings. The highest BCUT2D eigenvalue weighted by Gasteiger charge is 2.27. The van der Waals surface area contributed by atoms with Crippen molar-refractivity contribution in [1.29, 1.82) is 0 Å². The van der Waals surface area contributed by atoms with Crippen molar-refractivity contribution >= 4 is 39.5 Å². The van der Waals surface area contributed by atoms with Gasteiger partial charge in [0.25, 0.3) is 21.6 Å². The Kier molecular flexibility index (Phi) is 7.33. The van der Waals surface area contributed by atoms with Crippen LogP contribution in [0.1, 0.15) is 15.9 Å². The van der Waals surface area contributed by atoms with E-state index in [-0.39, 0.29) is 27.4 Å². The van der Waals surface area contributed by atoms with Crippen molar-refractivity contribution < 1.29 is 28.0 Å². The van der Waals surface area contributed by atoms with Gasteiger partial charge in [-0.2, -0.15) is 5.10 Å². The Labute approximate surface area is 194 Å². The highest BCUT2D eigenvalue weighted by molar-refractivity contribution is 7.92. The molecule has 0 heterocycles. The maximum atomic E-state index is 13.2. The molecule has 3 rings (SSSR count). The van der Waals surface area contributed by atoms with Crippen LogP contribution in [0.5, 0.6) is 0 Å². The largest absolute Gasteiger partial charge is 0.478 e. The number of carbonyl (C=O) groups excluding carboxylic acids is 1. The van der Waals surface area contributed by atoms with Gasteiger partial charge in [-0.1, -0.05) is 36.4 Å². The first-order valence-corrected chi connectivity index (χ1v) is 11.1. The molecule has 0 aliphatic heterocycles. The van der Waals surface area contributed by atoms with E-state index in [4.69, 9.17) is 0 Å². The van der Waals surface area contributed by atoms with Crippen LogP contribution in [0.2, 0.25) is 0 Å². The minimum Gasteiger partial charge on any atom is -0.478 e. The van der Waals surface area contributed by atoms with Crippen LogP contribution in [0.15, 0.2) is 88.9 Å². The molecular formula is C22H18N4O7S. The molecule has 1 amide bonds. The summed E-state index contributed by atoms with van der Waals surface area (Å²) in [7, 11) is -4.20. The molecule has 0 saturated carbocycles. The average molecular weight is 482 g/mol. The zero-order valence-electron chi connectivity index (χ0n) is 17.4. The molecule has 0 spiro atoms. The van der Waals surface area contributed by atoms with Crippen molar-refractivity contribution in [3.05, 3.63) is 100 Å². The SMILES string of the molecule is O=C(CN(c1ccc([N+](=O)[O-])cc1)S(=O)(=O)c1ccccc1)N/N=C\c1ccccc1C(=O)O. The number of non-ortho nitro benzene ring substituents is 1. The summed E-state index contributed by atoms with van der Waals surface area (Å²) >= 11 is 0. The number of benzene rings is 3. The number of nitrogens with one attached hydrogen (secondary N) is 1. The number of hydrogen-bond donors (Lipinski definition) is 2. The molecule has 0 atom stereocenters. The fraction of sp³-hybridized carbons (Fsp3) is 0.0455. The Hall–Kier alpha value is -4.58. The van der Waals surface area contributed by atoms with Crippen LogP contribution in [0.4, 0.5) is 11.4 Å². The Morgan fingerprint density at radius 3 is 2.24 bits per heavy atom. The lowest BCUT2D eigenvalue weighted by atomic mass is 10.1. The Bertz CT molecular complexity index is 1340. The molecular weight excluding hydrogens is 464 g/mol. The van der Waals surface area contributed by atoms with Crippen LogP contribution in [-0.4, -0.2) is 43.1 Å². The van der Waals surface area contributed by atoms with E-state index in [1.165, 1.54) is 54.6 Å². The van der Waals surface area contributed by atoms with Crippen LogP contribution in [0.3, 0.4) is 0 Å². The van der Waals surface area contributed by atoms with Crippen molar-refractivity contribution in [3.63, 3.8) is 0 Å². The number of aromatic carboxylic acids is 1. The molecule has 0 bridgehead atoms. The summed E-state index contributed by atoms with van der Waals surface area (Å²) in [6.07, 6.45) is 1.13. The number of hydrazone groups is 1. The van der Waals surface area contributed by atoms with Gasteiger partial charge < -0.3 is 5.11 Å². The molecule has 174 valence electrons. The molecule has 0 unspecified atom stereocenters. The van der Waals surface area contributed by atoms with Crippen molar-refractivity contribution in [1.82, 2.24) is 5.43 Å². The second kappa shape index (κ2) is 10.4. The quantitative estimate of drug-likeness (QED) is 0.269. The van der Waals surface area contributed by atoms with Gasteiger partial charge in [0, 0.05) is 17.7 Å². The number of nitro benzene ring substituents is 1. The van der Waals surface area contributed by atoms with Crippen LogP contribution in [-0.2, 0) is 14.8 Å². The number of carboxylic acid groups (broad SMARTS) is 1. The molecule has 0 radical (unpaired) electrons. The second-order valence-corrected chi connectivity index (χ2v) is 8.65. The third-order valence-corrected chi connectivity index (χ3v) is 6.34. The van der Waals surface area contributed by atoms with Gasteiger partial charge >= 0.3 is 5.97 Å². The van der Waals surface area contributed by atoms with E-state index in [9.17, 15) is 33.2 Å². The van der Waals surface area contributed by atoms with Crippen molar-refractivity contribution in [2.24, 2.45) is 5.10 Å². The third kappa shape index (κ3) is 5.61. The van der Waals surface area contributed by atoms with E-state index >= 15 is 0 Å². The summed E-state index contributed by atoms with van der Waals surface area (Å²) < 4.78 is 27.2. The highest BCUT2D eigenvalue weighted by Crippen LogP contribution is 2.25. The van der Waals surface area contributed by atoms with Crippen molar-refractivity contribution in [2.75, 3.05) is 10.8 Å². The van der Waals surface area contributed by atoms with Gasteiger partial charge in [0.15, 0.2) is 0 Å². The molecule has 0 saturated heterocycles. The number of nitro groups is 1. The van der Waals surface area contributed by atoms with E-state index in [0.29, 0.717) is 0 Å². The lowest BCUT2D eigenvalue weighted by Crippen LogP contribution is -2.39. The minimum absolute atomic E-state index is 0.0281. The Morgan fingerprint density at radius 2 is 1.62 bits per heavy atom. The van der Waals surface area contributed by atoms with Crippen molar-refractivity contribution in [3.8, 4) is 0 Å². The molecule has 34 heavy (non-hydrogen) atoms. The molecule has 3 aromatic carbocycles. The average Bonchev–Trinajstić information content (AvgIpc) is 2.83. The fourth-order valence-corrected chi connectivity index (χ4v) is 4.36. The summed E-state index contributed by atoms with van der Waals surface area (Å²) in [4.78, 5) is 34.0. The number of carbonyl (C=O) groups is 2. The van der Waals surface area contributed by atoms with Gasteiger partial charge in [-0.15, -0.1) is 0 Å². The lowest BCUT2D eigenvalue weighted by molar-refractivity contribution is -0.384. The number of nitrogens with zero attached hydrogens (tertiary/aromatic N) is 3. The molecule has 0 aromatic heterocycles. The molecule has 12 heteroatoms. The summed E-state index contributed by atoms with van der Waals surface area (Å²) in [5.41, 5.74) is 2.17. The molecule has 11 nitrogen and oxygen atoms in total. The fourth-order valence-electron chi connectivity index (χ4n) is 2.92. The minimum atomic E-state index is -4.20. The Morgan fingerprint density at radius 1 is 1.00 bits per heavy atom. The summed E-state index contributed by atoms with van der Waals surface area (Å²) in [6.45, 7) is -0.688. The zero-order valence-corrected chi connectivity index (χ0v) is 18.3. The number of sulfonamides is 1. The van der Waals surface area contributed by atoms with Gasteiger partial charge in [-0.25, -0.2) is 18.6 Å². The van der Waals surface area contributed by atoms with Crippen LogP contribution < -0.4 is 9.73 Å². The van der Waals surface area contributed by atoms with Gasteiger partial charge in [0.05, 0.1) is 27.3 Å². The second-order valence-electron chi connectivity index (χ2n) is 6.78. The molecule has 0 aliphatic rings. The first-order valence-electron chi connectivity index (χ1n) is 9.66. The normalized spacial score (nSPS) is 11.2. The third-order valence-electron chi connectivity index (χ3n) is 4.55. The maximum absolute atomic E-state index is 13.2. The van der Waals surface area contributed by atoms with Gasteiger partial charge in [-0.05, 0) is 30.3 Å². The first-order chi connectivity index (χ1) is 16.2. The van der Waals surface area contributed by atoms with E-state index < -0.39 is 33.4 Å². The Balaban J connectivity index is 1.86. The van der Waals surface area contributed by atoms with E-state index in [1.807, 2.05) is 0 Å². The van der Waals surface area contributed by atoms with Gasteiger partial charge in [0.1, 0.15) is 6.54 Å². The molecule has 0 aliphatic carbocycles.